The summed E-state index contributed by atoms with van der Waals surface area (Å²) >= 11 is 0. The molecule has 1 unspecified atom stereocenters. The van der Waals surface area contributed by atoms with Crippen molar-refractivity contribution in [2.24, 2.45) is 0 Å². The lowest BCUT2D eigenvalue weighted by atomic mass is 10.3. The number of ether oxygens (including phenoxy) is 1. The Kier molecular flexibility index (Phi) is 5.81. The molecular weight excluding hydrogens is 286 g/mol. The fourth-order valence-electron chi connectivity index (χ4n) is 1.56. The summed E-state index contributed by atoms with van der Waals surface area (Å²) in [5.74, 6) is 0.635. The topological polar surface area (TPSA) is 86.5 Å². The Bertz CT molecular complexity index is 555. The zero-order chi connectivity index (χ0) is 14.5. The second-order valence-electron chi connectivity index (χ2n) is 4.11. The summed E-state index contributed by atoms with van der Waals surface area (Å²) in [6.45, 7) is 1.80. The number of sulfone groups is 1. The smallest absolute Gasteiger partial charge is 0.151 e. The van der Waals surface area contributed by atoms with E-state index in [4.69, 9.17) is 10.5 Å². The van der Waals surface area contributed by atoms with Gasteiger partial charge in [0.1, 0.15) is 5.75 Å². The average molecular weight is 305 g/mol. The van der Waals surface area contributed by atoms with Gasteiger partial charge >= 0.3 is 0 Å². The first-order valence-corrected chi connectivity index (χ1v) is 9.06. The Morgan fingerprint density at radius 3 is 2.58 bits per heavy atom. The van der Waals surface area contributed by atoms with Gasteiger partial charge < -0.3 is 10.5 Å². The number of hydrogen-bond donors (Lipinski definition) is 1. The SMILES string of the molecule is CCCS(=O)(=O)CCS(=O)c1cc(OC)ccc1N. The third-order valence-electron chi connectivity index (χ3n) is 2.56. The largest absolute Gasteiger partial charge is 0.497 e. The van der Waals surface area contributed by atoms with Gasteiger partial charge in [-0.3, -0.25) is 4.21 Å². The van der Waals surface area contributed by atoms with E-state index < -0.39 is 20.6 Å². The van der Waals surface area contributed by atoms with E-state index in [1.165, 1.54) is 7.11 Å². The molecule has 0 aliphatic heterocycles. The van der Waals surface area contributed by atoms with Crippen LogP contribution in [0, 0.1) is 0 Å². The predicted octanol–water partition coefficient (Wildman–Crippen LogP) is 1.21. The number of rotatable bonds is 7. The van der Waals surface area contributed by atoms with Crippen molar-refractivity contribution in [3.8, 4) is 5.75 Å². The van der Waals surface area contributed by atoms with Crippen LogP contribution in [0.4, 0.5) is 5.69 Å². The van der Waals surface area contributed by atoms with Crippen molar-refractivity contribution >= 4 is 26.3 Å². The zero-order valence-electron chi connectivity index (χ0n) is 11.1. The first kappa shape index (κ1) is 16.0. The fraction of sp³-hybridized carbons (Fsp3) is 0.500. The second-order valence-corrected chi connectivity index (χ2v) is 7.95. The summed E-state index contributed by atoms with van der Waals surface area (Å²) in [5, 5.41) is 0. The highest BCUT2D eigenvalue weighted by Crippen LogP contribution is 2.22. The molecule has 0 bridgehead atoms. The van der Waals surface area contributed by atoms with Crippen LogP contribution < -0.4 is 10.5 Å². The van der Waals surface area contributed by atoms with Crippen molar-refractivity contribution in [3.63, 3.8) is 0 Å². The molecule has 0 aromatic heterocycles. The normalized spacial score (nSPS) is 13.2. The van der Waals surface area contributed by atoms with Crippen LogP contribution in [-0.4, -0.2) is 37.0 Å². The Morgan fingerprint density at radius 2 is 2.00 bits per heavy atom. The van der Waals surface area contributed by atoms with Gasteiger partial charge in [0.25, 0.3) is 0 Å². The van der Waals surface area contributed by atoms with E-state index in [2.05, 4.69) is 0 Å². The molecule has 0 saturated heterocycles. The number of anilines is 1. The first-order valence-electron chi connectivity index (χ1n) is 5.92. The van der Waals surface area contributed by atoms with Crippen LogP contribution in [0.5, 0.6) is 5.75 Å². The van der Waals surface area contributed by atoms with Crippen molar-refractivity contribution in [3.05, 3.63) is 18.2 Å². The van der Waals surface area contributed by atoms with Crippen LogP contribution >= 0.6 is 0 Å². The monoisotopic (exact) mass is 305 g/mol. The van der Waals surface area contributed by atoms with Crippen LogP contribution in [0.1, 0.15) is 13.3 Å². The molecule has 5 nitrogen and oxygen atoms in total. The van der Waals surface area contributed by atoms with E-state index in [9.17, 15) is 12.6 Å². The van der Waals surface area contributed by atoms with E-state index in [0.29, 0.717) is 22.8 Å². The average Bonchev–Trinajstić information content (AvgIpc) is 2.36. The summed E-state index contributed by atoms with van der Waals surface area (Å²) < 4.78 is 40.3. The van der Waals surface area contributed by atoms with Gasteiger partial charge in [-0.05, 0) is 24.6 Å². The van der Waals surface area contributed by atoms with Crippen molar-refractivity contribution in [1.29, 1.82) is 0 Å². The van der Waals surface area contributed by atoms with Gasteiger partial charge in [-0.15, -0.1) is 0 Å². The maximum atomic E-state index is 12.1. The van der Waals surface area contributed by atoms with E-state index in [0.717, 1.165) is 0 Å². The van der Waals surface area contributed by atoms with E-state index in [-0.39, 0.29) is 17.3 Å². The van der Waals surface area contributed by atoms with Gasteiger partial charge in [-0.2, -0.15) is 0 Å². The molecule has 1 aromatic rings. The lowest BCUT2D eigenvalue weighted by Crippen LogP contribution is -2.16. The Labute approximate surface area is 116 Å². The molecule has 0 aliphatic carbocycles. The molecule has 0 heterocycles. The molecule has 1 atom stereocenters. The summed E-state index contributed by atoms with van der Waals surface area (Å²) in [5.41, 5.74) is 6.13. The number of nitrogen functional groups attached to an aromatic ring is 1. The predicted molar refractivity (Wildman–Crippen MR) is 77.6 cm³/mol. The van der Waals surface area contributed by atoms with Crippen molar-refractivity contribution in [1.82, 2.24) is 0 Å². The minimum atomic E-state index is -3.13. The maximum Gasteiger partial charge on any atom is 0.151 e. The first-order chi connectivity index (χ1) is 8.89. The highest BCUT2D eigenvalue weighted by atomic mass is 32.2. The minimum absolute atomic E-state index is 0.0553. The standard InChI is InChI=1S/C12H19NO4S2/c1-3-7-19(15,16)8-6-18(14)12-9-10(17-2)4-5-11(12)13/h4-5,9H,3,6-8,13H2,1-2H3. The number of benzene rings is 1. The van der Waals surface area contributed by atoms with E-state index in [1.807, 2.05) is 0 Å². The highest BCUT2D eigenvalue weighted by Gasteiger charge is 2.15. The number of methoxy groups -OCH3 is 1. The van der Waals surface area contributed by atoms with Crippen LogP contribution in [0.15, 0.2) is 23.1 Å². The summed E-state index contributed by atoms with van der Waals surface area (Å²) in [4.78, 5) is 0.422. The van der Waals surface area contributed by atoms with Crippen LogP contribution in [-0.2, 0) is 20.6 Å². The maximum absolute atomic E-state index is 12.1. The Balaban J connectivity index is 2.79. The van der Waals surface area contributed by atoms with Gasteiger partial charge in [0.2, 0.25) is 0 Å². The van der Waals surface area contributed by atoms with Gasteiger partial charge in [-0.25, -0.2) is 8.42 Å². The molecule has 19 heavy (non-hydrogen) atoms. The zero-order valence-corrected chi connectivity index (χ0v) is 12.7. The van der Waals surface area contributed by atoms with Crippen LogP contribution in [0.3, 0.4) is 0 Å². The lowest BCUT2D eigenvalue weighted by molar-refractivity contribution is 0.413. The van der Waals surface area contributed by atoms with Gasteiger partial charge in [0, 0.05) is 17.2 Å². The molecule has 0 saturated carbocycles. The van der Waals surface area contributed by atoms with Crippen LogP contribution in [0.25, 0.3) is 0 Å². The van der Waals surface area contributed by atoms with Gasteiger partial charge in [0.05, 0.1) is 28.6 Å². The number of hydrogen-bond acceptors (Lipinski definition) is 5. The van der Waals surface area contributed by atoms with Crippen molar-refractivity contribution in [2.45, 2.75) is 18.2 Å². The molecular formula is C12H19NO4S2. The summed E-state index contributed by atoms with van der Waals surface area (Å²) in [6, 6.07) is 4.86. The van der Waals surface area contributed by atoms with Crippen LogP contribution in [0.2, 0.25) is 0 Å². The number of nitrogens with two attached hydrogens (primary N) is 1. The van der Waals surface area contributed by atoms with Crippen molar-refractivity contribution < 1.29 is 17.4 Å². The van der Waals surface area contributed by atoms with Gasteiger partial charge in [0.15, 0.2) is 9.84 Å². The molecule has 2 N–H and O–H groups in total. The molecule has 0 amide bonds. The molecule has 0 aliphatic rings. The lowest BCUT2D eigenvalue weighted by Gasteiger charge is -2.08. The molecule has 108 valence electrons. The molecule has 1 rings (SSSR count). The molecule has 7 heteroatoms. The molecule has 0 spiro atoms. The van der Waals surface area contributed by atoms with Gasteiger partial charge in [-0.1, -0.05) is 6.92 Å². The Hall–Kier alpha value is -1.08. The minimum Gasteiger partial charge on any atom is -0.497 e. The molecule has 0 fully saturated rings. The van der Waals surface area contributed by atoms with Crippen molar-refractivity contribution in [2.75, 3.05) is 30.1 Å². The summed E-state index contributed by atoms with van der Waals surface area (Å²) in [7, 11) is -3.07. The molecule has 1 aromatic carbocycles. The highest BCUT2D eigenvalue weighted by molar-refractivity contribution is 7.93. The van der Waals surface area contributed by atoms with E-state index in [1.54, 1.807) is 25.1 Å². The third kappa shape index (κ3) is 4.83. The molecule has 0 radical (unpaired) electrons. The van der Waals surface area contributed by atoms with E-state index >= 15 is 0 Å². The fourth-order valence-corrected chi connectivity index (χ4v) is 4.81. The second kappa shape index (κ2) is 6.91. The summed E-state index contributed by atoms with van der Waals surface area (Å²) in [6.07, 6.45) is 0.566. The third-order valence-corrected chi connectivity index (χ3v) is 6.09. The quantitative estimate of drug-likeness (QED) is 0.765. The Morgan fingerprint density at radius 1 is 1.32 bits per heavy atom.